The Hall–Kier alpha value is -4.06. The lowest BCUT2D eigenvalue weighted by Crippen LogP contribution is -2.49. The van der Waals surface area contributed by atoms with E-state index in [4.69, 9.17) is 4.74 Å². The van der Waals surface area contributed by atoms with Crippen molar-refractivity contribution >= 4 is 28.4 Å². The van der Waals surface area contributed by atoms with Crippen molar-refractivity contribution in [3.05, 3.63) is 95.2 Å². The van der Waals surface area contributed by atoms with Gasteiger partial charge in [0.15, 0.2) is 0 Å². The predicted octanol–water partition coefficient (Wildman–Crippen LogP) is 4.98. The summed E-state index contributed by atoms with van der Waals surface area (Å²) in [5, 5.41) is 4.09. The number of H-pyrrole nitrogens is 1. The number of para-hydroxylation sites is 1. The normalized spacial score (nSPS) is 11.8. The second-order valence-electron chi connectivity index (χ2n) is 9.07. The molecular weight excluding hydrogens is 450 g/mol. The van der Waals surface area contributed by atoms with E-state index in [1.807, 2.05) is 73.7 Å². The van der Waals surface area contributed by atoms with Crippen molar-refractivity contribution in [3.63, 3.8) is 0 Å². The van der Waals surface area contributed by atoms with Crippen LogP contribution in [-0.2, 0) is 28.9 Å². The molecule has 2 amide bonds. The smallest absolute Gasteiger partial charge is 0.249 e. The van der Waals surface area contributed by atoms with E-state index in [1.54, 1.807) is 19.1 Å². The highest BCUT2D eigenvalue weighted by molar-refractivity contribution is 5.99. The summed E-state index contributed by atoms with van der Waals surface area (Å²) in [4.78, 5) is 32.0. The first-order chi connectivity index (χ1) is 17.4. The van der Waals surface area contributed by atoms with Crippen molar-refractivity contribution in [2.45, 2.75) is 39.2 Å². The molecule has 2 N–H and O–H groups in total. The van der Waals surface area contributed by atoms with Crippen molar-refractivity contribution in [1.29, 1.82) is 0 Å². The lowest BCUT2D eigenvalue weighted by Gasteiger charge is -2.25. The molecule has 4 aromatic rings. The number of aryl methyl sites for hydroxylation is 2. The molecule has 0 fully saturated rings. The maximum Gasteiger partial charge on any atom is 0.249 e. The van der Waals surface area contributed by atoms with Crippen LogP contribution in [0.3, 0.4) is 0 Å². The molecule has 3 aromatic carbocycles. The fourth-order valence-corrected chi connectivity index (χ4v) is 4.61. The van der Waals surface area contributed by atoms with Gasteiger partial charge in [0.25, 0.3) is 0 Å². The van der Waals surface area contributed by atoms with Gasteiger partial charge in [-0.3, -0.25) is 9.59 Å². The van der Waals surface area contributed by atoms with Crippen LogP contribution in [0.15, 0.2) is 72.8 Å². The van der Waals surface area contributed by atoms with E-state index >= 15 is 0 Å². The van der Waals surface area contributed by atoms with Crippen LogP contribution in [0.4, 0.5) is 5.69 Å². The topological polar surface area (TPSA) is 74.4 Å². The number of nitrogens with zero attached hydrogens (tertiary/aromatic N) is 1. The van der Waals surface area contributed by atoms with E-state index in [9.17, 15) is 9.59 Å². The lowest BCUT2D eigenvalue weighted by molar-refractivity contribution is -0.127. The van der Waals surface area contributed by atoms with E-state index in [0.29, 0.717) is 6.42 Å². The zero-order valence-electron chi connectivity index (χ0n) is 21.3. The van der Waals surface area contributed by atoms with E-state index < -0.39 is 6.04 Å². The highest BCUT2D eigenvalue weighted by Gasteiger charge is 2.26. The molecule has 6 nitrogen and oxygen atoms in total. The number of hydrogen-bond donors (Lipinski definition) is 2. The first kappa shape index (κ1) is 25.0. The van der Waals surface area contributed by atoms with Gasteiger partial charge in [0.2, 0.25) is 11.8 Å². The minimum atomic E-state index is -0.707. The standard InChI is InChI=1S/C30H33N3O3/c1-5-26-25(24-11-6-7-12-27(24)31-26)19-29(34)32-28(18-21-10-8-9-20(2)17-21)30(35)33(3)22-13-15-23(36-4)16-14-22/h6-17,28,31H,5,18-19H2,1-4H3,(H,32,34)/t28-/m0/s1. The number of hydrogen-bond acceptors (Lipinski definition) is 3. The molecule has 0 spiro atoms. The number of anilines is 1. The van der Waals surface area contributed by atoms with Crippen LogP contribution in [0.1, 0.15) is 29.3 Å². The van der Waals surface area contributed by atoms with Gasteiger partial charge in [-0.15, -0.1) is 0 Å². The Kier molecular flexibility index (Phi) is 7.74. The molecular formula is C30H33N3O3. The van der Waals surface area contributed by atoms with Gasteiger partial charge in [0, 0.05) is 35.8 Å². The zero-order valence-corrected chi connectivity index (χ0v) is 21.3. The van der Waals surface area contributed by atoms with Gasteiger partial charge in [-0.2, -0.15) is 0 Å². The van der Waals surface area contributed by atoms with Crippen LogP contribution in [0, 0.1) is 6.92 Å². The third-order valence-electron chi connectivity index (χ3n) is 6.54. The summed E-state index contributed by atoms with van der Waals surface area (Å²) in [6.45, 7) is 4.09. The van der Waals surface area contributed by atoms with E-state index in [2.05, 4.69) is 23.3 Å². The number of ether oxygens (including phenoxy) is 1. The lowest BCUT2D eigenvalue weighted by atomic mass is 10.0. The molecule has 0 bridgehead atoms. The zero-order chi connectivity index (χ0) is 25.7. The molecule has 6 heteroatoms. The van der Waals surface area contributed by atoms with Gasteiger partial charge in [-0.05, 0) is 54.8 Å². The quantitative estimate of drug-likeness (QED) is 0.353. The molecule has 0 aliphatic rings. The fourth-order valence-electron chi connectivity index (χ4n) is 4.61. The summed E-state index contributed by atoms with van der Waals surface area (Å²) < 4.78 is 5.24. The summed E-state index contributed by atoms with van der Waals surface area (Å²) >= 11 is 0. The fraction of sp³-hybridized carbons (Fsp3) is 0.267. The number of rotatable bonds is 9. The minimum absolute atomic E-state index is 0.176. The largest absolute Gasteiger partial charge is 0.497 e. The van der Waals surface area contributed by atoms with Crippen molar-refractivity contribution < 1.29 is 14.3 Å². The average Bonchev–Trinajstić information content (AvgIpc) is 3.24. The summed E-state index contributed by atoms with van der Waals surface area (Å²) in [5.74, 6) is 0.364. The highest BCUT2D eigenvalue weighted by Crippen LogP contribution is 2.24. The Morgan fingerprint density at radius 3 is 2.47 bits per heavy atom. The molecule has 1 heterocycles. The SMILES string of the molecule is CCc1[nH]c2ccccc2c1CC(=O)N[C@@H](Cc1cccc(C)c1)C(=O)N(C)c1ccc(OC)cc1. The van der Waals surface area contributed by atoms with E-state index in [-0.39, 0.29) is 18.2 Å². The van der Waals surface area contributed by atoms with Crippen LogP contribution < -0.4 is 15.0 Å². The molecule has 186 valence electrons. The van der Waals surface area contributed by atoms with Gasteiger partial charge < -0.3 is 19.9 Å². The van der Waals surface area contributed by atoms with Crippen LogP contribution in [0.5, 0.6) is 5.75 Å². The molecule has 0 saturated heterocycles. The van der Waals surface area contributed by atoms with Crippen molar-refractivity contribution in [1.82, 2.24) is 10.3 Å². The number of nitrogens with one attached hydrogen (secondary N) is 2. The molecule has 0 saturated carbocycles. The number of aromatic amines is 1. The molecule has 0 unspecified atom stereocenters. The van der Waals surface area contributed by atoms with E-state index in [1.165, 1.54) is 0 Å². The van der Waals surface area contributed by atoms with Crippen molar-refractivity contribution in [3.8, 4) is 5.75 Å². The van der Waals surface area contributed by atoms with Crippen LogP contribution in [0.2, 0.25) is 0 Å². The summed E-state index contributed by atoms with van der Waals surface area (Å²) in [7, 11) is 3.34. The first-order valence-electron chi connectivity index (χ1n) is 12.2. The Labute approximate surface area is 212 Å². The number of fused-ring (bicyclic) bond motifs is 1. The van der Waals surface area contributed by atoms with Gasteiger partial charge >= 0.3 is 0 Å². The molecule has 1 aromatic heterocycles. The molecule has 0 aliphatic carbocycles. The monoisotopic (exact) mass is 483 g/mol. The van der Waals surface area contributed by atoms with Crippen LogP contribution in [-0.4, -0.2) is 37.0 Å². The third-order valence-corrected chi connectivity index (χ3v) is 6.54. The maximum absolute atomic E-state index is 13.6. The number of likely N-dealkylation sites (N-methyl/N-ethyl adjacent to an activating group) is 1. The average molecular weight is 484 g/mol. The molecule has 0 radical (unpaired) electrons. The van der Waals surface area contributed by atoms with Gasteiger partial charge in [-0.1, -0.05) is 55.0 Å². The third kappa shape index (κ3) is 5.60. The number of carbonyl (C=O) groups is 2. The first-order valence-corrected chi connectivity index (χ1v) is 12.2. The molecule has 0 aliphatic heterocycles. The Bertz CT molecular complexity index is 1360. The molecule has 4 rings (SSSR count). The summed E-state index contributed by atoms with van der Waals surface area (Å²) in [6, 6.07) is 22.6. The number of aromatic nitrogens is 1. The second kappa shape index (κ2) is 11.1. The summed E-state index contributed by atoms with van der Waals surface area (Å²) in [6.07, 6.45) is 1.40. The maximum atomic E-state index is 13.6. The Balaban J connectivity index is 1.58. The van der Waals surface area contributed by atoms with Crippen molar-refractivity contribution in [2.24, 2.45) is 0 Å². The van der Waals surface area contributed by atoms with Crippen LogP contribution >= 0.6 is 0 Å². The number of carbonyl (C=O) groups excluding carboxylic acids is 2. The Morgan fingerprint density at radius 1 is 1.03 bits per heavy atom. The Morgan fingerprint density at radius 2 is 1.78 bits per heavy atom. The van der Waals surface area contributed by atoms with Gasteiger partial charge in [0.05, 0.1) is 13.5 Å². The molecule has 36 heavy (non-hydrogen) atoms. The summed E-state index contributed by atoms with van der Waals surface area (Å²) in [5.41, 5.74) is 5.88. The number of benzene rings is 3. The van der Waals surface area contributed by atoms with Crippen LogP contribution in [0.25, 0.3) is 10.9 Å². The van der Waals surface area contributed by atoms with Gasteiger partial charge in [0.1, 0.15) is 11.8 Å². The van der Waals surface area contributed by atoms with E-state index in [0.717, 1.165) is 51.1 Å². The second-order valence-corrected chi connectivity index (χ2v) is 9.07. The number of amides is 2. The van der Waals surface area contributed by atoms with Gasteiger partial charge in [-0.25, -0.2) is 0 Å². The predicted molar refractivity (Wildman–Crippen MR) is 145 cm³/mol. The molecule has 1 atom stereocenters. The minimum Gasteiger partial charge on any atom is -0.497 e. The highest BCUT2D eigenvalue weighted by atomic mass is 16.5. The number of methoxy groups -OCH3 is 1. The van der Waals surface area contributed by atoms with Crippen molar-refractivity contribution in [2.75, 3.05) is 19.1 Å².